The summed E-state index contributed by atoms with van der Waals surface area (Å²) < 4.78 is 0. The van der Waals surface area contributed by atoms with Crippen LogP contribution in [0.2, 0.25) is 0 Å². The Labute approximate surface area is 187 Å². The van der Waals surface area contributed by atoms with Gasteiger partial charge in [-0.3, -0.25) is 4.90 Å². The first kappa shape index (κ1) is 19.2. The number of fused-ring (bicyclic) bond motifs is 4. The monoisotopic (exact) mass is 428 g/mol. The molecule has 4 aromatic rings. The second-order valence-corrected chi connectivity index (χ2v) is 10.2. The van der Waals surface area contributed by atoms with E-state index >= 15 is 0 Å². The van der Waals surface area contributed by atoms with Crippen molar-refractivity contribution in [2.75, 3.05) is 31.1 Å². The lowest BCUT2D eigenvalue weighted by Gasteiger charge is -2.36. The molecule has 6 rings (SSSR count). The van der Waals surface area contributed by atoms with E-state index in [0.717, 1.165) is 38.6 Å². The predicted molar refractivity (Wildman–Crippen MR) is 130 cm³/mol. The minimum atomic E-state index is 0.760. The van der Waals surface area contributed by atoms with E-state index < -0.39 is 0 Å². The molecule has 2 aliphatic rings. The van der Waals surface area contributed by atoms with Gasteiger partial charge in [0, 0.05) is 37.6 Å². The zero-order chi connectivity index (χ0) is 20.8. The third-order valence-corrected chi connectivity index (χ3v) is 8.21. The van der Waals surface area contributed by atoms with Gasteiger partial charge in [-0.1, -0.05) is 49.4 Å². The Hall–Kier alpha value is -2.50. The molecule has 1 atom stereocenters. The average molecular weight is 429 g/mol. The number of aromatic nitrogens is 2. The van der Waals surface area contributed by atoms with Gasteiger partial charge in [0.2, 0.25) is 0 Å². The molecule has 1 fully saturated rings. The third-order valence-electron chi connectivity index (χ3n) is 7.01. The summed E-state index contributed by atoms with van der Waals surface area (Å²) in [5.74, 6) is 1.93. The van der Waals surface area contributed by atoms with Gasteiger partial charge in [0.25, 0.3) is 0 Å². The molecule has 0 N–H and O–H groups in total. The van der Waals surface area contributed by atoms with E-state index in [1.54, 1.807) is 11.2 Å². The number of piperazine rings is 1. The Morgan fingerprint density at radius 2 is 1.84 bits per heavy atom. The zero-order valence-electron chi connectivity index (χ0n) is 18.1. The highest BCUT2D eigenvalue weighted by molar-refractivity contribution is 7.19. The maximum absolute atomic E-state index is 4.79. The van der Waals surface area contributed by atoms with Crippen molar-refractivity contribution < 1.29 is 0 Å². The molecule has 0 radical (unpaired) electrons. The quantitative estimate of drug-likeness (QED) is 0.444. The van der Waals surface area contributed by atoms with Gasteiger partial charge in [0.1, 0.15) is 17.0 Å². The van der Waals surface area contributed by atoms with Crippen molar-refractivity contribution in [1.82, 2.24) is 14.9 Å². The molecule has 31 heavy (non-hydrogen) atoms. The number of rotatable bonds is 3. The second kappa shape index (κ2) is 7.88. The number of hydrogen-bond donors (Lipinski definition) is 0. The summed E-state index contributed by atoms with van der Waals surface area (Å²) in [6.07, 6.45) is 5.45. The smallest absolute Gasteiger partial charge is 0.141 e. The van der Waals surface area contributed by atoms with E-state index in [2.05, 4.69) is 64.2 Å². The molecular weight excluding hydrogens is 400 g/mol. The van der Waals surface area contributed by atoms with E-state index in [4.69, 9.17) is 4.98 Å². The summed E-state index contributed by atoms with van der Waals surface area (Å²) in [6.45, 7) is 7.57. The molecule has 0 spiro atoms. The first-order valence-electron chi connectivity index (χ1n) is 11.5. The van der Waals surface area contributed by atoms with Gasteiger partial charge in [-0.05, 0) is 47.1 Å². The normalized spacial score (nSPS) is 19.8. The van der Waals surface area contributed by atoms with Gasteiger partial charge in [0.15, 0.2) is 0 Å². The van der Waals surface area contributed by atoms with Crippen LogP contribution in [-0.2, 0) is 19.4 Å². The number of aryl methyl sites for hydroxylation is 1. The highest BCUT2D eigenvalue weighted by Crippen LogP contribution is 2.40. The SMILES string of the molecule is C[C@@H]1CCc2sc3ncnc(N4CCN(Cc5cccc6ccccc56)CC4)c3c2C1. The van der Waals surface area contributed by atoms with Crippen LogP contribution >= 0.6 is 11.3 Å². The fourth-order valence-corrected chi connectivity index (χ4v) is 6.47. The van der Waals surface area contributed by atoms with E-state index in [0.29, 0.717) is 0 Å². The summed E-state index contributed by atoms with van der Waals surface area (Å²) in [4.78, 5) is 17.2. The minimum Gasteiger partial charge on any atom is -0.353 e. The molecule has 3 heterocycles. The molecule has 2 aromatic heterocycles. The van der Waals surface area contributed by atoms with Crippen molar-refractivity contribution in [2.24, 2.45) is 5.92 Å². The van der Waals surface area contributed by atoms with Crippen LogP contribution in [0, 0.1) is 5.92 Å². The molecule has 0 bridgehead atoms. The van der Waals surface area contributed by atoms with E-state index in [1.807, 2.05) is 11.3 Å². The Morgan fingerprint density at radius 3 is 2.74 bits per heavy atom. The molecule has 0 amide bonds. The lowest BCUT2D eigenvalue weighted by atomic mass is 9.88. The summed E-state index contributed by atoms with van der Waals surface area (Å²) in [6, 6.07) is 15.4. The number of thiophene rings is 1. The van der Waals surface area contributed by atoms with Crippen molar-refractivity contribution in [3.05, 3.63) is 64.8 Å². The number of nitrogens with zero attached hydrogens (tertiary/aromatic N) is 4. The van der Waals surface area contributed by atoms with Gasteiger partial charge in [-0.2, -0.15) is 0 Å². The van der Waals surface area contributed by atoms with Crippen LogP contribution in [0.1, 0.15) is 29.3 Å². The van der Waals surface area contributed by atoms with Crippen LogP contribution in [0.15, 0.2) is 48.8 Å². The molecule has 4 nitrogen and oxygen atoms in total. The van der Waals surface area contributed by atoms with Crippen molar-refractivity contribution in [3.63, 3.8) is 0 Å². The molecule has 0 unspecified atom stereocenters. The fraction of sp³-hybridized carbons (Fsp3) is 0.385. The largest absolute Gasteiger partial charge is 0.353 e. The van der Waals surface area contributed by atoms with Crippen molar-refractivity contribution >= 4 is 38.1 Å². The zero-order valence-corrected chi connectivity index (χ0v) is 18.9. The molecule has 0 saturated carbocycles. The summed E-state index contributed by atoms with van der Waals surface area (Å²) in [7, 11) is 0. The van der Waals surface area contributed by atoms with E-state index in [9.17, 15) is 0 Å². The molecule has 1 aliphatic heterocycles. The third kappa shape index (κ3) is 3.50. The van der Waals surface area contributed by atoms with Gasteiger partial charge in [-0.25, -0.2) is 9.97 Å². The topological polar surface area (TPSA) is 32.3 Å². The first-order chi connectivity index (χ1) is 15.3. The molecular formula is C26H28N4S. The lowest BCUT2D eigenvalue weighted by molar-refractivity contribution is 0.250. The fourth-order valence-electron chi connectivity index (χ4n) is 5.29. The number of anilines is 1. The van der Waals surface area contributed by atoms with Gasteiger partial charge >= 0.3 is 0 Å². The van der Waals surface area contributed by atoms with Crippen LogP contribution in [0.25, 0.3) is 21.0 Å². The van der Waals surface area contributed by atoms with E-state index in [-0.39, 0.29) is 0 Å². The minimum absolute atomic E-state index is 0.760. The highest BCUT2D eigenvalue weighted by Gasteiger charge is 2.26. The Bertz CT molecular complexity index is 1230. The highest BCUT2D eigenvalue weighted by atomic mass is 32.1. The molecule has 2 aromatic carbocycles. The molecule has 1 saturated heterocycles. The Kier molecular flexibility index (Phi) is 4.88. The predicted octanol–water partition coefficient (Wildman–Crippen LogP) is 5.29. The van der Waals surface area contributed by atoms with Gasteiger partial charge < -0.3 is 4.90 Å². The lowest BCUT2D eigenvalue weighted by Crippen LogP contribution is -2.46. The molecule has 5 heteroatoms. The summed E-state index contributed by atoms with van der Waals surface area (Å²) >= 11 is 1.90. The molecule has 158 valence electrons. The Morgan fingerprint density at radius 1 is 1.00 bits per heavy atom. The van der Waals surface area contributed by atoms with Crippen LogP contribution < -0.4 is 4.90 Å². The van der Waals surface area contributed by atoms with E-state index in [1.165, 1.54) is 57.2 Å². The van der Waals surface area contributed by atoms with Crippen molar-refractivity contribution in [3.8, 4) is 0 Å². The first-order valence-corrected chi connectivity index (χ1v) is 12.3. The van der Waals surface area contributed by atoms with Gasteiger partial charge in [-0.15, -0.1) is 11.3 Å². The van der Waals surface area contributed by atoms with Crippen LogP contribution in [-0.4, -0.2) is 41.0 Å². The molecule has 1 aliphatic carbocycles. The number of benzene rings is 2. The van der Waals surface area contributed by atoms with Gasteiger partial charge in [0.05, 0.1) is 5.39 Å². The summed E-state index contributed by atoms with van der Waals surface area (Å²) in [5.41, 5.74) is 2.96. The average Bonchev–Trinajstić information content (AvgIpc) is 3.18. The Balaban J connectivity index is 1.23. The van der Waals surface area contributed by atoms with Crippen LogP contribution in [0.4, 0.5) is 5.82 Å². The number of hydrogen-bond acceptors (Lipinski definition) is 5. The van der Waals surface area contributed by atoms with Crippen molar-refractivity contribution in [2.45, 2.75) is 32.7 Å². The van der Waals surface area contributed by atoms with Crippen LogP contribution in [0.3, 0.4) is 0 Å². The standard InChI is InChI=1S/C26H28N4S/c1-18-9-10-23-22(15-18)24-25(27-17-28-26(24)31-23)30-13-11-29(12-14-30)16-20-7-4-6-19-5-2-3-8-21(19)20/h2-8,17-18H,9-16H2,1H3/t18-/m1/s1. The summed E-state index contributed by atoms with van der Waals surface area (Å²) in [5, 5.41) is 4.05. The maximum Gasteiger partial charge on any atom is 0.141 e. The maximum atomic E-state index is 4.79. The second-order valence-electron chi connectivity index (χ2n) is 9.13. The van der Waals surface area contributed by atoms with Crippen LogP contribution in [0.5, 0.6) is 0 Å². The van der Waals surface area contributed by atoms with Crippen molar-refractivity contribution in [1.29, 1.82) is 0 Å².